The van der Waals surface area contributed by atoms with Gasteiger partial charge in [0.25, 0.3) is 0 Å². The lowest BCUT2D eigenvalue weighted by Gasteiger charge is -2.49. The van der Waals surface area contributed by atoms with Gasteiger partial charge in [0, 0.05) is 29.7 Å². The van der Waals surface area contributed by atoms with Crippen molar-refractivity contribution in [3.8, 4) is 0 Å². The largest absolute Gasteiger partial charge is 0.351 e. The predicted octanol–water partition coefficient (Wildman–Crippen LogP) is 5.07. The van der Waals surface area contributed by atoms with Crippen LogP contribution in [-0.2, 0) is 0 Å². The van der Waals surface area contributed by atoms with Crippen molar-refractivity contribution in [3.05, 3.63) is 48.0 Å². The number of amidine groups is 1. The molecule has 0 saturated carbocycles. The molecule has 2 aromatic rings. The number of nitrogens with zero attached hydrogens (tertiary/aromatic N) is 1. The highest BCUT2D eigenvalue weighted by atomic mass is 32.2. The van der Waals surface area contributed by atoms with Crippen LogP contribution < -0.4 is 5.32 Å². The molecule has 144 valence electrons. The average molecular weight is 383 g/mol. The molecule has 0 atom stereocenters. The van der Waals surface area contributed by atoms with Crippen molar-refractivity contribution in [2.24, 2.45) is 0 Å². The first-order chi connectivity index (χ1) is 12.6. The summed E-state index contributed by atoms with van der Waals surface area (Å²) < 4.78 is 0. The fraction of sp³-hybridized carbons (Fsp3) is 0.455. The van der Waals surface area contributed by atoms with E-state index in [9.17, 15) is 0 Å². The summed E-state index contributed by atoms with van der Waals surface area (Å²) in [5.74, 6) is 0. The smallest absolute Gasteiger partial charge is 0.162 e. The highest BCUT2D eigenvalue weighted by Crippen LogP contribution is 2.32. The topological polar surface area (TPSA) is 63.0 Å². The van der Waals surface area contributed by atoms with Gasteiger partial charge in [-0.2, -0.15) is 0 Å². The standard InChI is InChI=1S/C22H30N4S/c1-21(2)13-18(14-22(3,4)25-21)26(5)20(24)27-19(23)17-11-10-15-8-6-7-9-16(15)12-17/h6-12,18,23-25H,13-14H2,1-5H3. The third kappa shape index (κ3) is 4.71. The molecule has 1 fully saturated rings. The molecule has 1 heterocycles. The lowest BCUT2D eigenvalue weighted by molar-refractivity contribution is 0.114. The quantitative estimate of drug-likeness (QED) is 0.502. The summed E-state index contributed by atoms with van der Waals surface area (Å²) in [6, 6.07) is 14.5. The van der Waals surface area contributed by atoms with E-state index in [1.165, 1.54) is 17.1 Å². The van der Waals surface area contributed by atoms with Gasteiger partial charge in [0.15, 0.2) is 5.17 Å². The minimum absolute atomic E-state index is 0.0392. The summed E-state index contributed by atoms with van der Waals surface area (Å²) in [7, 11) is 1.99. The Labute approximate surface area is 166 Å². The number of nitrogens with one attached hydrogen (secondary N) is 3. The van der Waals surface area contributed by atoms with Gasteiger partial charge in [-0.1, -0.05) is 36.4 Å². The van der Waals surface area contributed by atoms with E-state index in [0.717, 1.165) is 23.8 Å². The van der Waals surface area contributed by atoms with Gasteiger partial charge in [-0.05, 0) is 69.1 Å². The molecular formula is C22H30N4S. The van der Waals surface area contributed by atoms with Crippen LogP contribution in [0.25, 0.3) is 10.8 Å². The SMILES string of the molecule is CN(C(=N)SC(=N)c1ccc2ccccc2c1)C1CC(C)(C)NC(C)(C)C1. The van der Waals surface area contributed by atoms with E-state index < -0.39 is 0 Å². The molecule has 0 unspecified atom stereocenters. The molecule has 3 N–H and O–H groups in total. The van der Waals surface area contributed by atoms with Crippen molar-refractivity contribution >= 4 is 32.7 Å². The molecule has 0 amide bonds. The Morgan fingerprint density at radius 2 is 1.59 bits per heavy atom. The summed E-state index contributed by atoms with van der Waals surface area (Å²) in [6.07, 6.45) is 1.97. The monoisotopic (exact) mass is 382 g/mol. The Morgan fingerprint density at radius 1 is 1.00 bits per heavy atom. The number of piperidine rings is 1. The van der Waals surface area contributed by atoms with Crippen molar-refractivity contribution in [1.82, 2.24) is 10.2 Å². The molecule has 0 bridgehead atoms. The summed E-state index contributed by atoms with van der Waals surface area (Å²) >= 11 is 1.24. The number of hydrogen-bond acceptors (Lipinski definition) is 4. The molecule has 5 heteroatoms. The van der Waals surface area contributed by atoms with Crippen LogP contribution in [0.1, 0.15) is 46.1 Å². The lowest BCUT2D eigenvalue weighted by atomic mass is 9.79. The summed E-state index contributed by atoms with van der Waals surface area (Å²) in [5.41, 5.74) is 0.942. The Balaban J connectivity index is 1.70. The van der Waals surface area contributed by atoms with E-state index in [0.29, 0.717) is 16.3 Å². The van der Waals surface area contributed by atoms with E-state index in [4.69, 9.17) is 10.8 Å². The number of benzene rings is 2. The van der Waals surface area contributed by atoms with Gasteiger partial charge in [-0.25, -0.2) is 0 Å². The summed E-state index contributed by atoms with van der Waals surface area (Å²) in [5, 5.41) is 23.9. The van der Waals surface area contributed by atoms with Gasteiger partial charge in [-0.3, -0.25) is 10.8 Å². The van der Waals surface area contributed by atoms with E-state index in [2.05, 4.69) is 45.1 Å². The Kier molecular flexibility index (Phi) is 5.37. The molecule has 0 aliphatic carbocycles. The molecular weight excluding hydrogens is 352 g/mol. The van der Waals surface area contributed by atoms with E-state index >= 15 is 0 Å². The van der Waals surface area contributed by atoms with Crippen LogP contribution in [0.5, 0.6) is 0 Å². The molecule has 0 radical (unpaired) electrons. The maximum Gasteiger partial charge on any atom is 0.162 e. The molecule has 0 spiro atoms. The molecule has 0 aromatic heterocycles. The van der Waals surface area contributed by atoms with Crippen LogP contribution in [0.4, 0.5) is 0 Å². The normalized spacial score (nSPS) is 19.0. The van der Waals surface area contributed by atoms with Crippen molar-refractivity contribution < 1.29 is 0 Å². The van der Waals surface area contributed by atoms with Crippen LogP contribution in [0.2, 0.25) is 0 Å². The van der Waals surface area contributed by atoms with E-state index in [-0.39, 0.29) is 11.1 Å². The van der Waals surface area contributed by atoms with Gasteiger partial charge in [0.2, 0.25) is 0 Å². The number of thioether (sulfide) groups is 1. The highest BCUT2D eigenvalue weighted by Gasteiger charge is 2.39. The molecule has 1 aliphatic heterocycles. The van der Waals surface area contributed by atoms with E-state index in [1.54, 1.807) is 0 Å². The fourth-order valence-electron chi connectivity index (χ4n) is 4.27. The number of fused-ring (bicyclic) bond motifs is 1. The number of rotatable bonds is 2. The third-order valence-electron chi connectivity index (χ3n) is 5.25. The van der Waals surface area contributed by atoms with Gasteiger partial charge in [0.1, 0.15) is 5.04 Å². The minimum atomic E-state index is 0.0392. The lowest BCUT2D eigenvalue weighted by Crippen LogP contribution is -2.62. The zero-order valence-corrected chi connectivity index (χ0v) is 17.7. The van der Waals surface area contributed by atoms with Gasteiger partial charge < -0.3 is 10.2 Å². The molecule has 3 rings (SSSR count). The van der Waals surface area contributed by atoms with Gasteiger partial charge in [0.05, 0.1) is 0 Å². The Hall–Kier alpha value is -1.85. The second kappa shape index (κ2) is 7.28. The predicted molar refractivity (Wildman–Crippen MR) is 118 cm³/mol. The van der Waals surface area contributed by atoms with Gasteiger partial charge in [-0.15, -0.1) is 0 Å². The summed E-state index contributed by atoms with van der Waals surface area (Å²) in [4.78, 5) is 2.05. The minimum Gasteiger partial charge on any atom is -0.351 e. The van der Waals surface area contributed by atoms with Crippen LogP contribution in [0.3, 0.4) is 0 Å². The first-order valence-corrected chi connectivity index (χ1v) is 10.2. The van der Waals surface area contributed by atoms with Crippen LogP contribution in [0, 0.1) is 10.8 Å². The maximum absolute atomic E-state index is 8.56. The van der Waals surface area contributed by atoms with E-state index in [1.807, 2.05) is 42.3 Å². The first-order valence-electron chi connectivity index (χ1n) is 9.43. The fourth-order valence-corrected chi connectivity index (χ4v) is 5.00. The molecule has 1 saturated heterocycles. The molecule has 27 heavy (non-hydrogen) atoms. The first kappa shape index (κ1) is 19.9. The molecule has 4 nitrogen and oxygen atoms in total. The van der Waals surface area contributed by atoms with Gasteiger partial charge >= 0.3 is 0 Å². The average Bonchev–Trinajstić information content (AvgIpc) is 2.57. The van der Waals surface area contributed by atoms with Crippen LogP contribution >= 0.6 is 11.8 Å². The second-order valence-corrected chi connectivity index (χ2v) is 9.86. The zero-order valence-electron chi connectivity index (χ0n) is 16.9. The van der Waals surface area contributed by atoms with Crippen molar-refractivity contribution in [2.45, 2.75) is 57.7 Å². The maximum atomic E-state index is 8.56. The zero-order chi connectivity index (χ0) is 19.8. The molecule has 1 aliphatic rings. The van der Waals surface area contributed by atoms with Crippen molar-refractivity contribution in [1.29, 1.82) is 10.8 Å². The van der Waals surface area contributed by atoms with Crippen molar-refractivity contribution in [2.75, 3.05) is 7.05 Å². The number of hydrogen-bond donors (Lipinski definition) is 3. The third-order valence-corrected chi connectivity index (χ3v) is 6.17. The van der Waals surface area contributed by atoms with Crippen LogP contribution in [-0.4, -0.2) is 39.3 Å². The summed E-state index contributed by atoms with van der Waals surface area (Å²) in [6.45, 7) is 8.90. The second-order valence-electron chi connectivity index (χ2n) is 8.86. The van der Waals surface area contributed by atoms with Crippen LogP contribution in [0.15, 0.2) is 42.5 Å². The van der Waals surface area contributed by atoms with Crippen molar-refractivity contribution in [3.63, 3.8) is 0 Å². The Bertz CT molecular complexity index is 855. The highest BCUT2D eigenvalue weighted by molar-refractivity contribution is 8.26. The molecule has 2 aromatic carbocycles. The Morgan fingerprint density at radius 3 is 2.22 bits per heavy atom.